The summed E-state index contributed by atoms with van der Waals surface area (Å²) in [5.41, 5.74) is -1.33. The van der Waals surface area contributed by atoms with E-state index in [2.05, 4.69) is 31.2 Å². The molecule has 1 N–H and O–H groups in total. The second-order valence-corrected chi connectivity index (χ2v) is 8.22. The van der Waals surface area contributed by atoms with Gasteiger partial charge >= 0.3 is 6.18 Å². The lowest BCUT2D eigenvalue weighted by atomic mass is 10.3. The number of benzene rings is 1. The van der Waals surface area contributed by atoms with Gasteiger partial charge in [-0.05, 0) is 39.5 Å². The number of carbonyl (C=O) groups is 1. The van der Waals surface area contributed by atoms with Crippen LogP contribution in [-0.4, -0.2) is 21.6 Å². The molecule has 3 aromatic rings. The molecular weight excluding hydrogens is 501 g/mol. The lowest BCUT2D eigenvalue weighted by molar-refractivity contribution is -0.141. The van der Waals surface area contributed by atoms with E-state index in [-0.39, 0.29) is 26.8 Å². The van der Waals surface area contributed by atoms with Crippen LogP contribution >= 0.6 is 39.0 Å². The standard InChI is InChI=1S/C17H9BrF5N3OS2/c18-9-4-8(19)5-10(20)15(9)26-14(27)7-29-16-24-11(12-2-1-3-28-12)6-13(25-16)17(21,22)23/h1-6H,7H2,(H,26,27). The van der Waals surface area contributed by atoms with Gasteiger partial charge < -0.3 is 5.32 Å². The Hall–Kier alpha value is -2.05. The topological polar surface area (TPSA) is 54.9 Å². The van der Waals surface area contributed by atoms with Gasteiger partial charge in [0, 0.05) is 10.5 Å². The number of hydrogen-bond donors (Lipinski definition) is 1. The van der Waals surface area contributed by atoms with Gasteiger partial charge in [-0.25, -0.2) is 18.7 Å². The SMILES string of the molecule is O=C(CSc1nc(-c2cccs2)cc(C(F)(F)F)n1)Nc1c(F)cc(F)cc1Br. The zero-order chi connectivity index (χ0) is 21.2. The number of halogens is 6. The minimum absolute atomic E-state index is 0.0105. The van der Waals surface area contributed by atoms with Gasteiger partial charge in [0.2, 0.25) is 5.91 Å². The molecule has 0 saturated carbocycles. The van der Waals surface area contributed by atoms with Gasteiger partial charge in [-0.2, -0.15) is 13.2 Å². The molecule has 12 heteroatoms. The van der Waals surface area contributed by atoms with Crippen LogP contribution in [0.25, 0.3) is 10.6 Å². The van der Waals surface area contributed by atoms with Gasteiger partial charge in [0.05, 0.1) is 22.0 Å². The monoisotopic (exact) mass is 509 g/mol. The number of anilines is 1. The number of amides is 1. The molecule has 0 aliphatic rings. The predicted octanol–water partition coefficient (Wildman–Crippen LogP) is 6.00. The first-order valence-corrected chi connectivity index (χ1v) is 10.4. The van der Waals surface area contributed by atoms with Crippen molar-refractivity contribution in [3.63, 3.8) is 0 Å². The number of alkyl halides is 3. The van der Waals surface area contributed by atoms with E-state index in [9.17, 15) is 26.7 Å². The van der Waals surface area contributed by atoms with Crippen molar-refractivity contribution in [3.8, 4) is 10.6 Å². The lowest BCUT2D eigenvalue weighted by Gasteiger charge is -2.10. The Kier molecular flexibility index (Phi) is 6.54. The fourth-order valence-electron chi connectivity index (χ4n) is 2.15. The van der Waals surface area contributed by atoms with Gasteiger partial charge in [-0.15, -0.1) is 11.3 Å². The van der Waals surface area contributed by atoms with Crippen LogP contribution in [0.15, 0.2) is 45.3 Å². The van der Waals surface area contributed by atoms with Crippen LogP contribution in [0.2, 0.25) is 0 Å². The summed E-state index contributed by atoms with van der Waals surface area (Å²) in [6.07, 6.45) is -4.69. The van der Waals surface area contributed by atoms with Gasteiger partial charge in [-0.1, -0.05) is 17.8 Å². The van der Waals surface area contributed by atoms with Crippen molar-refractivity contribution in [1.29, 1.82) is 0 Å². The maximum atomic E-state index is 13.8. The number of hydrogen-bond acceptors (Lipinski definition) is 5. The summed E-state index contributed by atoms with van der Waals surface area (Å²) in [4.78, 5) is 20.1. The molecule has 0 spiro atoms. The molecule has 3 rings (SSSR count). The number of thiophene rings is 1. The van der Waals surface area contributed by atoms with E-state index in [1.165, 1.54) is 11.3 Å². The van der Waals surface area contributed by atoms with Crippen molar-refractivity contribution in [1.82, 2.24) is 9.97 Å². The smallest absolute Gasteiger partial charge is 0.322 e. The fourth-order valence-corrected chi connectivity index (χ4v) is 4.00. The molecule has 4 nitrogen and oxygen atoms in total. The van der Waals surface area contributed by atoms with Crippen LogP contribution in [0.4, 0.5) is 27.6 Å². The second-order valence-electron chi connectivity index (χ2n) is 5.48. The molecule has 2 heterocycles. The average Bonchev–Trinajstić information content (AvgIpc) is 3.17. The summed E-state index contributed by atoms with van der Waals surface area (Å²) in [6, 6.07) is 5.68. The summed E-state index contributed by atoms with van der Waals surface area (Å²) in [7, 11) is 0. The third-order valence-corrected chi connectivity index (χ3v) is 5.74. The van der Waals surface area contributed by atoms with Crippen molar-refractivity contribution in [3.05, 3.63) is 57.5 Å². The summed E-state index contributed by atoms with van der Waals surface area (Å²) >= 11 is 4.81. The fraction of sp³-hybridized carbons (Fsp3) is 0.118. The van der Waals surface area contributed by atoms with Gasteiger partial charge in [-0.3, -0.25) is 4.79 Å². The minimum atomic E-state index is -4.69. The van der Waals surface area contributed by atoms with Crippen LogP contribution in [0.3, 0.4) is 0 Å². The number of nitrogens with zero attached hydrogens (tertiary/aromatic N) is 2. The summed E-state index contributed by atoms with van der Waals surface area (Å²) in [5, 5.41) is 3.68. The Morgan fingerprint density at radius 3 is 2.59 bits per heavy atom. The first kappa shape index (κ1) is 21.7. The molecule has 152 valence electrons. The van der Waals surface area contributed by atoms with E-state index >= 15 is 0 Å². The zero-order valence-corrected chi connectivity index (χ0v) is 17.3. The summed E-state index contributed by atoms with van der Waals surface area (Å²) < 4.78 is 66.3. The Morgan fingerprint density at radius 1 is 1.21 bits per heavy atom. The molecule has 2 aromatic heterocycles. The normalized spacial score (nSPS) is 11.5. The molecule has 1 aromatic carbocycles. The highest BCUT2D eigenvalue weighted by atomic mass is 79.9. The van der Waals surface area contributed by atoms with Crippen LogP contribution in [0.1, 0.15) is 5.69 Å². The van der Waals surface area contributed by atoms with Crippen molar-refractivity contribution < 1.29 is 26.7 Å². The van der Waals surface area contributed by atoms with Gasteiger partial charge in [0.25, 0.3) is 0 Å². The van der Waals surface area contributed by atoms with E-state index in [0.717, 1.165) is 12.1 Å². The largest absolute Gasteiger partial charge is 0.433 e. The summed E-state index contributed by atoms with van der Waals surface area (Å²) in [6.45, 7) is 0. The second kappa shape index (κ2) is 8.76. The lowest BCUT2D eigenvalue weighted by Crippen LogP contribution is -2.16. The van der Waals surface area contributed by atoms with Crippen molar-refractivity contribution in [2.45, 2.75) is 11.3 Å². The molecule has 0 fully saturated rings. The number of nitrogens with one attached hydrogen (secondary N) is 1. The Bertz CT molecular complexity index is 1020. The third-order valence-electron chi connectivity index (χ3n) is 3.37. The number of thioether (sulfide) groups is 1. The van der Waals surface area contributed by atoms with Gasteiger partial charge in [0.1, 0.15) is 11.5 Å². The third kappa shape index (κ3) is 5.52. The van der Waals surface area contributed by atoms with E-state index in [4.69, 9.17) is 0 Å². The van der Waals surface area contributed by atoms with E-state index in [1.54, 1.807) is 17.5 Å². The van der Waals surface area contributed by atoms with Crippen LogP contribution in [0, 0.1) is 11.6 Å². The first-order valence-electron chi connectivity index (χ1n) is 7.71. The maximum Gasteiger partial charge on any atom is 0.433 e. The molecule has 0 aliphatic heterocycles. The average molecular weight is 510 g/mol. The highest BCUT2D eigenvalue weighted by molar-refractivity contribution is 9.10. The molecule has 0 atom stereocenters. The molecular formula is C17H9BrF5N3OS2. The Balaban J connectivity index is 1.78. The maximum absolute atomic E-state index is 13.8. The highest BCUT2D eigenvalue weighted by Crippen LogP contribution is 2.33. The molecule has 0 bridgehead atoms. The molecule has 29 heavy (non-hydrogen) atoms. The summed E-state index contributed by atoms with van der Waals surface area (Å²) in [5.74, 6) is -2.93. The first-order chi connectivity index (χ1) is 13.6. The van der Waals surface area contributed by atoms with Crippen molar-refractivity contribution in [2.75, 3.05) is 11.1 Å². The van der Waals surface area contributed by atoms with E-state index in [0.29, 0.717) is 22.7 Å². The zero-order valence-electron chi connectivity index (χ0n) is 14.1. The molecule has 0 aliphatic carbocycles. The minimum Gasteiger partial charge on any atom is -0.322 e. The quantitative estimate of drug-likeness (QED) is 0.260. The molecule has 0 radical (unpaired) electrons. The Labute approximate surface area is 177 Å². The van der Waals surface area contributed by atoms with E-state index in [1.807, 2.05) is 0 Å². The van der Waals surface area contributed by atoms with Crippen LogP contribution in [0.5, 0.6) is 0 Å². The molecule has 1 amide bonds. The van der Waals surface area contributed by atoms with Crippen molar-refractivity contribution >= 4 is 50.6 Å². The van der Waals surface area contributed by atoms with Gasteiger partial charge in [0.15, 0.2) is 11.0 Å². The molecule has 0 unspecified atom stereocenters. The van der Waals surface area contributed by atoms with Crippen LogP contribution < -0.4 is 5.32 Å². The Morgan fingerprint density at radius 2 is 1.97 bits per heavy atom. The van der Waals surface area contributed by atoms with Crippen molar-refractivity contribution in [2.24, 2.45) is 0 Å². The number of carbonyl (C=O) groups excluding carboxylic acids is 1. The van der Waals surface area contributed by atoms with E-state index < -0.39 is 29.4 Å². The number of rotatable bonds is 5. The highest BCUT2D eigenvalue weighted by Gasteiger charge is 2.34. The number of aromatic nitrogens is 2. The van der Waals surface area contributed by atoms with Crippen LogP contribution in [-0.2, 0) is 11.0 Å². The molecule has 0 saturated heterocycles. The predicted molar refractivity (Wildman–Crippen MR) is 104 cm³/mol.